The van der Waals surface area contributed by atoms with E-state index in [-0.39, 0.29) is 0 Å². The van der Waals surface area contributed by atoms with Gasteiger partial charge in [0.25, 0.3) is 0 Å². The summed E-state index contributed by atoms with van der Waals surface area (Å²) in [6.07, 6.45) is 10.7. The molecule has 0 saturated heterocycles. The summed E-state index contributed by atoms with van der Waals surface area (Å²) in [6, 6.07) is 0.844. The lowest BCUT2D eigenvalue weighted by molar-refractivity contribution is 0.378. The molecule has 0 aromatic carbocycles. The molecule has 0 aromatic rings. The third-order valence-corrected chi connectivity index (χ3v) is 3.94. The highest BCUT2D eigenvalue weighted by Crippen LogP contribution is 2.29. The second-order valence-electron chi connectivity index (χ2n) is 4.39. The Hall–Kier alpha value is 0.310. The molecule has 84 valence electrons. The third kappa shape index (κ3) is 4.22. The van der Waals surface area contributed by atoms with Gasteiger partial charge in [0.2, 0.25) is 0 Å². The van der Waals surface area contributed by atoms with Crippen molar-refractivity contribution >= 4 is 11.8 Å². The molecular weight excluding hydrogens is 190 g/mol. The maximum absolute atomic E-state index is 3.70. The molecule has 1 rings (SSSR count). The van der Waals surface area contributed by atoms with Crippen LogP contribution in [0.15, 0.2) is 0 Å². The van der Waals surface area contributed by atoms with E-state index in [1.807, 2.05) is 11.8 Å². The predicted octanol–water partition coefficient (Wildman–Crippen LogP) is 3.30. The Balaban J connectivity index is 2.14. The van der Waals surface area contributed by atoms with Gasteiger partial charge in [-0.2, -0.15) is 11.8 Å². The molecule has 1 aliphatic carbocycles. The normalized spacial score (nSPS) is 27.0. The lowest BCUT2D eigenvalue weighted by atomic mass is 9.98. The molecule has 0 aromatic heterocycles. The summed E-state index contributed by atoms with van der Waals surface area (Å²) in [4.78, 5) is 0. The Kier molecular flexibility index (Phi) is 6.70. The molecule has 0 bridgehead atoms. The Morgan fingerprint density at radius 1 is 1.36 bits per heavy atom. The van der Waals surface area contributed by atoms with Crippen LogP contribution in [0.5, 0.6) is 0 Å². The van der Waals surface area contributed by atoms with Crippen LogP contribution in [0.3, 0.4) is 0 Å². The van der Waals surface area contributed by atoms with E-state index in [9.17, 15) is 0 Å². The van der Waals surface area contributed by atoms with E-state index < -0.39 is 0 Å². The first-order chi connectivity index (χ1) is 6.88. The zero-order valence-electron chi connectivity index (χ0n) is 9.72. The summed E-state index contributed by atoms with van der Waals surface area (Å²) in [6.45, 7) is 3.47. The van der Waals surface area contributed by atoms with Gasteiger partial charge in [0, 0.05) is 6.04 Å². The van der Waals surface area contributed by atoms with Crippen LogP contribution in [0.25, 0.3) is 0 Å². The van der Waals surface area contributed by atoms with Crippen molar-refractivity contribution in [3.8, 4) is 0 Å². The van der Waals surface area contributed by atoms with Crippen molar-refractivity contribution in [2.75, 3.05) is 18.6 Å². The van der Waals surface area contributed by atoms with Crippen LogP contribution in [0.2, 0.25) is 0 Å². The summed E-state index contributed by atoms with van der Waals surface area (Å²) < 4.78 is 0. The fraction of sp³-hybridized carbons (Fsp3) is 1.00. The molecule has 2 heteroatoms. The maximum Gasteiger partial charge on any atom is 0.00953 e. The van der Waals surface area contributed by atoms with Crippen LogP contribution >= 0.6 is 11.8 Å². The highest BCUT2D eigenvalue weighted by molar-refractivity contribution is 7.98. The third-order valence-electron chi connectivity index (χ3n) is 3.24. The Labute approximate surface area is 93.4 Å². The molecule has 1 N–H and O–H groups in total. The van der Waals surface area contributed by atoms with Gasteiger partial charge < -0.3 is 5.32 Å². The molecule has 0 aliphatic heterocycles. The summed E-state index contributed by atoms with van der Waals surface area (Å²) in [5.41, 5.74) is 0. The van der Waals surface area contributed by atoms with Crippen LogP contribution < -0.4 is 5.32 Å². The fourth-order valence-corrected chi connectivity index (χ4v) is 2.93. The molecule has 14 heavy (non-hydrogen) atoms. The van der Waals surface area contributed by atoms with Gasteiger partial charge in [-0.25, -0.2) is 0 Å². The first-order valence-electron chi connectivity index (χ1n) is 6.10. The van der Waals surface area contributed by atoms with Crippen LogP contribution in [-0.4, -0.2) is 24.6 Å². The van der Waals surface area contributed by atoms with E-state index in [0.717, 1.165) is 12.0 Å². The molecular formula is C12H25NS. The molecule has 1 saturated carbocycles. The summed E-state index contributed by atoms with van der Waals surface area (Å²) in [5, 5.41) is 3.70. The zero-order valence-corrected chi connectivity index (χ0v) is 10.5. The first kappa shape index (κ1) is 12.4. The van der Waals surface area contributed by atoms with Crippen LogP contribution in [0, 0.1) is 5.92 Å². The smallest absolute Gasteiger partial charge is 0.00953 e. The van der Waals surface area contributed by atoms with Gasteiger partial charge in [-0.3, -0.25) is 0 Å². The molecule has 1 fully saturated rings. The molecule has 2 unspecified atom stereocenters. The van der Waals surface area contributed by atoms with Crippen LogP contribution in [0.4, 0.5) is 0 Å². The van der Waals surface area contributed by atoms with Crippen LogP contribution in [-0.2, 0) is 0 Å². The summed E-state index contributed by atoms with van der Waals surface area (Å²) in [7, 11) is 0. The van der Waals surface area contributed by atoms with Crippen molar-refractivity contribution < 1.29 is 0 Å². The van der Waals surface area contributed by atoms with Gasteiger partial charge in [-0.05, 0) is 56.6 Å². The van der Waals surface area contributed by atoms with E-state index in [4.69, 9.17) is 0 Å². The lowest BCUT2D eigenvalue weighted by Crippen LogP contribution is -2.32. The average Bonchev–Trinajstić information content (AvgIpc) is 2.63. The SMILES string of the molecule is CCCNC1CCCC1CCCSC. The molecule has 1 nitrogen and oxygen atoms in total. The monoisotopic (exact) mass is 215 g/mol. The summed E-state index contributed by atoms with van der Waals surface area (Å²) in [5.74, 6) is 2.32. The van der Waals surface area contributed by atoms with E-state index in [1.165, 1.54) is 50.8 Å². The topological polar surface area (TPSA) is 12.0 Å². The van der Waals surface area contributed by atoms with Gasteiger partial charge in [0.05, 0.1) is 0 Å². The Morgan fingerprint density at radius 3 is 2.93 bits per heavy atom. The number of rotatable bonds is 7. The van der Waals surface area contributed by atoms with Gasteiger partial charge >= 0.3 is 0 Å². The minimum Gasteiger partial charge on any atom is -0.314 e. The molecule has 0 heterocycles. The molecule has 1 aliphatic rings. The average molecular weight is 215 g/mol. The largest absolute Gasteiger partial charge is 0.314 e. The Bertz CT molecular complexity index is 138. The standard InChI is InChI=1S/C12H25NS/c1-3-9-13-12-8-4-6-11(12)7-5-10-14-2/h11-13H,3-10H2,1-2H3. The van der Waals surface area contributed by atoms with Crippen molar-refractivity contribution in [1.29, 1.82) is 0 Å². The fourth-order valence-electron chi connectivity index (χ4n) is 2.47. The lowest BCUT2D eigenvalue weighted by Gasteiger charge is -2.20. The number of hydrogen-bond acceptors (Lipinski definition) is 2. The van der Waals surface area contributed by atoms with Crippen molar-refractivity contribution in [2.45, 2.75) is 51.5 Å². The van der Waals surface area contributed by atoms with Crippen molar-refractivity contribution in [1.82, 2.24) is 5.32 Å². The van der Waals surface area contributed by atoms with Crippen molar-refractivity contribution in [3.63, 3.8) is 0 Å². The summed E-state index contributed by atoms with van der Waals surface area (Å²) >= 11 is 1.98. The molecule has 2 atom stereocenters. The molecule has 0 amide bonds. The zero-order chi connectivity index (χ0) is 10.2. The van der Waals surface area contributed by atoms with E-state index in [1.54, 1.807) is 0 Å². The highest BCUT2D eigenvalue weighted by Gasteiger charge is 2.25. The van der Waals surface area contributed by atoms with Gasteiger partial charge in [-0.1, -0.05) is 13.3 Å². The van der Waals surface area contributed by atoms with Crippen molar-refractivity contribution in [2.24, 2.45) is 5.92 Å². The second kappa shape index (κ2) is 7.58. The quantitative estimate of drug-likeness (QED) is 0.654. The minimum atomic E-state index is 0.844. The maximum atomic E-state index is 3.70. The van der Waals surface area contributed by atoms with Gasteiger partial charge in [0.1, 0.15) is 0 Å². The Morgan fingerprint density at radius 2 is 2.21 bits per heavy atom. The van der Waals surface area contributed by atoms with Gasteiger partial charge in [-0.15, -0.1) is 0 Å². The minimum absolute atomic E-state index is 0.844. The first-order valence-corrected chi connectivity index (χ1v) is 7.50. The predicted molar refractivity (Wildman–Crippen MR) is 67.0 cm³/mol. The van der Waals surface area contributed by atoms with Crippen molar-refractivity contribution in [3.05, 3.63) is 0 Å². The van der Waals surface area contributed by atoms with E-state index in [0.29, 0.717) is 0 Å². The molecule has 0 radical (unpaired) electrons. The van der Waals surface area contributed by atoms with E-state index in [2.05, 4.69) is 18.5 Å². The highest BCUT2D eigenvalue weighted by atomic mass is 32.2. The number of hydrogen-bond donors (Lipinski definition) is 1. The molecule has 0 spiro atoms. The van der Waals surface area contributed by atoms with E-state index >= 15 is 0 Å². The van der Waals surface area contributed by atoms with Gasteiger partial charge in [0.15, 0.2) is 0 Å². The second-order valence-corrected chi connectivity index (χ2v) is 5.37. The number of thioether (sulfide) groups is 1. The number of nitrogens with one attached hydrogen (secondary N) is 1. The van der Waals surface area contributed by atoms with Crippen LogP contribution in [0.1, 0.15) is 45.4 Å².